The van der Waals surface area contributed by atoms with Gasteiger partial charge in [-0.15, -0.1) is 11.3 Å². The molecular formula is C22H24N4S. The molecule has 1 aromatic carbocycles. The Kier molecular flexibility index (Phi) is 4.64. The Hall–Kier alpha value is -2.24. The van der Waals surface area contributed by atoms with Crippen LogP contribution in [0.25, 0.3) is 16.3 Å². The molecule has 0 amide bonds. The smallest absolute Gasteiger partial charge is 0.141 e. The second-order valence-corrected chi connectivity index (χ2v) is 8.42. The molecule has 0 atom stereocenters. The maximum atomic E-state index is 4.70. The van der Waals surface area contributed by atoms with Crippen LogP contribution >= 0.6 is 11.3 Å². The van der Waals surface area contributed by atoms with Gasteiger partial charge in [-0.2, -0.15) is 0 Å². The van der Waals surface area contributed by atoms with E-state index in [1.54, 1.807) is 6.33 Å². The second kappa shape index (κ2) is 7.41. The Labute approximate surface area is 164 Å². The number of rotatable bonds is 4. The van der Waals surface area contributed by atoms with Gasteiger partial charge in [0.05, 0.1) is 5.39 Å². The van der Waals surface area contributed by atoms with Gasteiger partial charge in [-0.05, 0) is 30.4 Å². The Balaban J connectivity index is 1.26. The number of fused-ring (bicyclic) bond motifs is 3. The van der Waals surface area contributed by atoms with Crippen LogP contribution in [0.2, 0.25) is 0 Å². The lowest BCUT2D eigenvalue weighted by molar-refractivity contribution is 0.284. The average Bonchev–Trinajstić information content (AvgIpc) is 3.30. The fourth-order valence-electron chi connectivity index (χ4n) is 4.20. The molecule has 1 fully saturated rings. The highest BCUT2D eigenvalue weighted by atomic mass is 32.1. The summed E-state index contributed by atoms with van der Waals surface area (Å²) in [6.45, 7) is 5.25. The van der Waals surface area contributed by atoms with E-state index in [-0.39, 0.29) is 0 Å². The van der Waals surface area contributed by atoms with Crippen molar-refractivity contribution in [2.75, 3.05) is 37.6 Å². The van der Waals surface area contributed by atoms with Crippen molar-refractivity contribution < 1.29 is 0 Å². The maximum Gasteiger partial charge on any atom is 0.141 e. The van der Waals surface area contributed by atoms with Gasteiger partial charge in [0.2, 0.25) is 0 Å². The van der Waals surface area contributed by atoms with Gasteiger partial charge in [0.15, 0.2) is 0 Å². The predicted octanol–water partition coefficient (Wildman–Crippen LogP) is 4.02. The van der Waals surface area contributed by atoms with E-state index in [4.69, 9.17) is 4.98 Å². The fourth-order valence-corrected chi connectivity index (χ4v) is 5.42. The first-order chi connectivity index (χ1) is 13.4. The molecule has 4 nitrogen and oxygen atoms in total. The van der Waals surface area contributed by atoms with Gasteiger partial charge in [-0.3, -0.25) is 4.90 Å². The molecule has 0 N–H and O–H groups in total. The van der Waals surface area contributed by atoms with Crippen LogP contribution in [-0.4, -0.2) is 47.6 Å². The first-order valence-electron chi connectivity index (χ1n) is 9.82. The summed E-state index contributed by atoms with van der Waals surface area (Å²) in [5.74, 6) is 1.17. The largest absolute Gasteiger partial charge is 0.353 e. The molecule has 0 spiro atoms. The molecule has 3 aromatic rings. The van der Waals surface area contributed by atoms with E-state index in [0.717, 1.165) is 32.7 Å². The molecule has 2 aromatic heterocycles. The summed E-state index contributed by atoms with van der Waals surface area (Å²) in [5.41, 5.74) is 2.80. The number of aromatic nitrogens is 2. The number of hydrogen-bond acceptors (Lipinski definition) is 5. The molecule has 1 aliphatic heterocycles. The Bertz CT molecular complexity index is 955. The summed E-state index contributed by atoms with van der Waals surface area (Å²) in [6.07, 6.45) is 9.94. The van der Waals surface area contributed by atoms with Crippen molar-refractivity contribution in [3.05, 3.63) is 58.7 Å². The number of piperazine rings is 1. The number of nitrogens with zero attached hydrogens (tertiary/aromatic N) is 4. The number of hydrogen-bond donors (Lipinski definition) is 0. The van der Waals surface area contributed by atoms with Crippen molar-refractivity contribution in [1.82, 2.24) is 14.9 Å². The van der Waals surface area contributed by atoms with Crippen molar-refractivity contribution in [1.29, 1.82) is 0 Å². The van der Waals surface area contributed by atoms with E-state index in [1.165, 1.54) is 51.3 Å². The lowest BCUT2D eigenvalue weighted by Gasteiger charge is -2.35. The topological polar surface area (TPSA) is 32.3 Å². The monoisotopic (exact) mass is 376 g/mol. The summed E-state index contributed by atoms with van der Waals surface area (Å²) in [6, 6.07) is 10.5. The van der Waals surface area contributed by atoms with Gasteiger partial charge in [0.1, 0.15) is 17.0 Å². The maximum absolute atomic E-state index is 4.70. The quantitative estimate of drug-likeness (QED) is 0.689. The Morgan fingerprint density at radius 1 is 1.00 bits per heavy atom. The van der Waals surface area contributed by atoms with Crippen molar-refractivity contribution in [2.45, 2.75) is 19.3 Å². The predicted molar refractivity (Wildman–Crippen MR) is 114 cm³/mol. The molecule has 3 heterocycles. The van der Waals surface area contributed by atoms with Crippen LogP contribution in [0.3, 0.4) is 0 Å². The van der Waals surface area contributed by atoms with Crippen LogP contribution in [0.4, 0.5) is 5.82 Å². The third kappa shape index (κ3) is 3.37. The third-order valence-electron chi connectivity index (χ3n) is 5.63. The average molecular weight is 377 g/mol. The zero-order chi connectivity index (χ0) is 18.1. The van der Waals surface area contributed by atoms with Gasteiger partial charge < -0.3 is 4.90 Å². The summed E-state index contributed by atoms with van der Waals surface area (Å²) in [5, 5.41) is 1.34. The number of benzene rings is 1. The Morgan fingerprint density at radius 2 is 1.85 bits per heavy atom. The third-order valence-corrected chi connectivity index (χ3v) is 6.83. The lowest BCUT2D eigenvalue weighted by atomic mass is 10.1. The van der Waals surface area contributed by atoms with Gasteiger partial charge in [-0.25, -0.2) is 9.97 Å². The zero-order valence-corrected chi connectivity index (χ0v) is 16.3. The molecule has 5 heteroatoms. The molecule has 138 valence electrons. The molecule has 1 aliphatic carbocycles. The van der Waals surface area contributed by atoms with Gasteiger partial charge in [0.25, 0.3) is 0 Å². The van der Waals surface area contributed by atoms with Crippen LogP contribution < -0.4 is 4.90 Å². The molecule has 1 saturated heterocycles. The SMILES string of the molecule is C(=C\c1ccccc1)/CN1CCN(c2ncnc3sc4c(c23)CCC4)CC1. The zero-order valence-electron chi connectivity index (χ0n) is 15.5. The molecule has 5 rings (SSSR count). The van der Waals surface area contributed by atoms with E-state index in [2.05, 4.69) is 57.3 Å². The molecule has 0 unspecified atom stereocenters. The highest BCUT2D eigenvalue weighted by molar-refractivity contribution is 7.19. The summed E-state index contributed by atoms with van der Waals surface area (Å²) < 4.78 is 0. The lowest BCUT2D eigenvalue weighted by Crippen LogP contribution is -2.46. The standard InChI is InChI=1S/C22H24N4S/c1-2-6-17(7-3-1)8-5-11-25-12-14-26(15-13-25)21-20-18-9-4-10-19(18)27-22(20)24-16-23-21/h1-3,5-8,16H,4,9-15H2/b8-5+. The summed E-state index contributed by atoms with van der Waals surface area (Å²) in [4.78, 5) is 16.9. The number of thiophene rings is 1. The van der Waals surface area contributed by atoms with Crippen LogP contribution in [-0.2, 0) is 12.8 Å². The number of anilines is 1. The molecule has 0 radical (unpaired) electrons. The van der Waals surface area contributed by atoms with Crippen LogP contribution in [0.15, 0.2) is 42.7 Å². The van der Waals surface area contributed by atoms with Crippen LogP contribution in [0, 0.1) is 0 Å². The van der Waals surface area contributed by atoms with Crippen molar-refractivity contribution in [3.63, 3.8) is 0 Å². The first-order valence-corrected chi connectivity index (χ1v) is 10.6. The van der Waals surface area contributed by atoms with Crippen LogP contribution in [0.1, 0.15) is 22.4 Å². The second-order valence-electron chi connectivity index (χ2n) is 7.34. The fraction of sp³-hybridized carbons (Fsp3) is 0.364. The van der Waals surface area contributed by atoms with E-state index < -0.39 is 0 Å². The minimum Gasteiger partial charge on any atom is -0.353 e. The summed E-state index contributed by atoms with van der Waals surface area (Å²) >= 11 is 1.88. The van der Waals surface area contributed by atoms with E-state index >= 15 is 0 Å². The number of aryl methyl sites for hydroxylation is 2. The van der Waals surface area contributed by atoms with Crippen molar-refractivity contribution >= 4 is 33.4 Å². The molecule has 0 bridgehead atoms. The molecule has 0 saturated carbocycles. The van der Waals surface area contributed by atoms with Crippen LogP contribution in [0.5, 0.6) is 0 Å². The Morgan fingerprint density at radius 3 is 2.70 bits per heavy atom. The van der Waals surface area contributed by atoms with E-state index in [0.29, 0.717) is 0 Å². The molecular weight excluding hydrogens is 352 g/mol. The highest BCUT2D eigenvalue weighted by Gasteiger charge is 2.25. The van der Waals surface area contributed by atoms with E-state index in [9.17, 15) is 0 Å². The molecule has 27 heavy (non-hydrogen) atoms. The minimum atomic E-state index is 1.01. The molecule has 2 aliphatic rings. The first kappa shape index (κ1) is 16.9. The van der Waals surface area contributed by atoms with Gasteiger partial charge in [0, 0.05) is 37.6 Å². The van der Waals surface area contributed by atoms with Gasteiger partial charge >= 0.3 is 0 Å². The van der Waals surface area contributed by atoms with Crippen molar-refractivity contribution in [2.24, 2.45) is 0 Å². The van der Waals surface area contributed by atoms with E-state index in [1.807, 2.05) is 11.3 Å². The highest BCUT2D eigenvalue weighted by Crippen LogP contribution is 2.40. The normalized spacial score (nSPS) is 17.9. The minimum absolute atomic E-state index is 1.01. The van der Waals surface area contributed by atoms with Crippen molar-refractivity contribution in [3.8, 4) is 0 Å². The van der Waals surface area contributed by atoms with Gasteiger partial charge in [-0.1, -0.05) is 42.5 Å². The summed E-state index contributed by atoms with van der Waals surface area (Å²) in [7, 11) is 0.